The summed E-state index contributed by atoms with van der Waals surface area (Å²) in [5.74, 6) is 5.94. The van der Waals surface area contributed by atoms with Crippen LogP contribution in [0.15, 0.2) is 22.8 Å². The largest absolute Gasteiger partial charge is 0.372 e. The molecule has 0 unspecified atom stereocenters. The average Bonchev–Trinajstić information content (AvgIpc) is 2.65. The highest BCUT2D eigenvalue weighted by molar-refractivity contribution is 9.10. The molecule has 0 amide bonds. The molecule has 15 heavy (non-hydrogen) atoms. The molecular weight excluding hydrogens is 256 g/mol. The molecule has 0 aliphatic carbocycles. The number of hydrogen-bond acceptors (Lipinski definition) is 2. The van der Waals surface area contributed by atoms with E-state index >= 15 is 0 Å². The highest BCUT2D eigenvalue weighted by Gasteiger charge is 2.01. The van der Waals surface area contributed by atoms with Gasteiger partial charge in [0.05, 0.1) is 11.7 Å². The Morgan fingerprint density at radius 2 is 2.40 bits per heavy atom. The van der Waals surface area contributed by atoms with Crippen LogP contribution in [0.4, 0.5) is 0 Å². The zero-order valence-corrected chi connectivity index (χ0v) is 9.76. The normalized spacial score (nSPS) is 10.0. The quantitative estimate of drug-likeness (QED) is 0.803. The number of nitrogens with zero attached hydrogens (tertiary/aromatic N) is 1. The maximum Gasteiger partial charge on any atom is 0.107 e. The number of fused-ring (bicyclic) bond motifs is 1. The molecule has 4 heteroatoms. The molecular formula is C11H9BrN2O. The second-order valence-corrected chi connectivity index (χ2v) is 3.88. The molecule has 76 valence electrons. The van der Waals surface area contributed by atoms with E-state index in [2.05, 4.69) is 38.0 Å². The molecule has 0 radical (unpaired) electrons. The molecule has 0 atom stereocenters. The fourth-order valence-corrected chi connectivity index (χ4v) is 1.72. The number of ether oxygens (including phenoxy) is 1. The third-order valence-corrected chi connectivity index (χ3v) is 2.62. The van der Waals surface area contributed by atoms with E-state index in [0.29, 0.717) is 6.61 Å². The minimum Gasteiger partial charge on any atom is -0.372 e. The highest BCUT2D eigenvalue weighted by atomic mass is 79.9. The summed E-state index contributed by atoms with van der Waals surface area (Å²) in [6.45, 7) is 0.438. The summed E-state index contributed by atoms with van der Waals surface area (Å²) >= 11 is 3.47. The van der Waals surface area contributed by atoms with Crippen LogP contribution in [0, 0.1) is 11.8 Å². The van der Waals surface area contributed by atoms with Crippen LogP contribution < -0.4 is 0 Å². The van der Waals surface area contributed by atoms with E-state index in [4.69, 9.17) is 4.74 Å². The van der Waals surface area contributed by atoms with Crippen LogP contribution in [-0.4, -0.2) is 23.9 Å². The van der Waals surface area contributed by atoms with Crippen molar-refractivity contribution in [2.24, 2.45) is 0 Å². The molecule has 0 bridgehead atoms. The Morgan fingerprint density at radius 1 is 1.53 bits per heavy atom. The Morgan fingerprint density at radius 3 is 3.20 bits per heavy atom. The second-order valence-electron chi connectivity index (χ2n) is 3.02. The van der Waals surface area contributed by atoms with Crippen molar-refractivity contribution in [3.8, 4) is 11.8 Å². The summed E-state index contributed by atoms with van der Waals surface area (Å²) in [7, 11) is 1.63. The standard InChI is InChI=1S/C11H9BrN2O/c1-15-4-2-3-8-6-11-9(5-10(8)12)7-13-14-11/h5-7H,4H2,1H3,(H,13,14). The SMILES string of the molecule is COCC#Cc1cc2[nH]ncc2cc1Br. The first kappa shape index (κ1) is 10.2. The summed E-state index contributed by atoms with van der Waals surface area (Å²) in [5, 5.41) is 7.94. The Labute approximate surface area is 96.0 Å². The van der Waals surface area contributed by atoms with E-state index in [1.165, 1.54) is 0 Å². The van der Waals surface area contributed by atoms with Crippen LogP contribution in [-0.2, 0) is 4.74 Å². The van der Waals surface area contributed by atoms with Crippen LogP contribution in [0.3, 0.4) is 0 Å². The van der Waals surface area contributed by atoms with Gasteiger partial charge in [-0.2, -0.15) is 5.10 Å². The molecule has 1 aromatic heterocycles. The fraction of sp³-hybridized carbons (Fsp3) is 0.182. The van der Waals surface area contributed by atoms with Gasteiger partial charge in [-0.15, -0.1) is 0 Å². The lowest BCUT2D eigenvalue weighted by Crippen LogP contribution is -1.83. The number of hydrogen-bond donors (Lipinski definition) is 1. The lowest BCUT2D eigenvalue weighted by Gasteiger charge is -1.96. The van der Waals surface area contributed by atoms with Crippen molar-refractivity contribution < 1.29 is 4.74 Å². The third-order valence-electron chi connectivity index (χ3n) is 1.97. The van der Waals surface area contributed by atoms with Crippen molar-refractivity contribution in [3.05, 3.63) is 28.4 Å². The van der Waals surface area contributed by atoms with Crippen LogP contribution in [0.2, 0.25) is 0 Å². The third kappa shape index (κ3) is 2.20. The summed E-state index contributed by atoms with van der Waals surface area (Å²) in [4.78, 5) is 0. The lowest BCUT2D eigenvalue weighted by atomic mass is 10.2. The van der Waals surface area contributed by atoms with Gasteiger partial charge in [-0.05, 0) is 28.1 Å². The predicted molar refractivity (Wildman–Crippen MR) is 62.5 cm³/mol. The van der Waals surface area contributed by atoms with Crippen LogP contribution in [0.1, 0.15) is 5.56 Å². The average molecular weight is 265 g/mol. The molecule has 1 N–H and O–H groups in total. The number of rotatable bonds is 1. The molecule has 1 aromatic carbocycles. The van der Waals surface area contributed by atoms with Crippen LogP contribution in [0.25, 0.3) is 10.9 Å². The van der Waals surface area contributed by atoms with Crippen molar-refractivity contribution in [1.82, 2.24) is 10.2 Å². The highest BCUT2D eigenvalue weighted by Crippen LogP contribution is 2.22. The van der Waals surface area contributed by atoms with Crippen molar-refractivity contribution in [2.45, 2.75) is 0 Å². The molecule has 3 nitrogen and oxygen atoms in total. The van der Waals surface area contributed by atoms with Gasteiger partial charge >= 0.3 is 0 Å². The molecule has 0 aliphatic rings. The first-order valence-corrected chi connectivity index (χ1v) is 5.21. The smallest absolute Gasteiger partial charge is 0.107 e. The number of nitrogens with one attached hydrogen (secondary N) is 1. The maximum absolute atomic E-state index is 4.87. The fourth-order valence-electron chi connectivity index (χ4n) is 1.26. The van der Waals surface area contributed by atoms with Gasteiger partial charge in [0.25, 0.3) is 0 Å². The minimum absolute atomic E-state index is 0.438. The Hall–Kier alpha value is -1.31. The lowest BCUT2D eigenvalue weighted by molar-refractivity contribution is 0.240. The van der Waals surface area contributed by atoms with Gasteiger partial charge in [-0.1, -0.05) is 11.8 Å². The van der Waals surface area contributed by atoms with Crippen LogP contribution in [0.5, 0.6) is 0 Å². The van der Waals surface area contributed by atoms with Crippen molar-refractivity contribution in [1.29, 1.82) is 0 Å². The number of methoxy groups -OCH3 is 1. The Bertz CT molecular complexity index is 536. The Kier molecular flexibility index (Phi) is 3.05. The number of benzene rings is 1. The second kappa shape index (κ2) is 4.47. The van der Waals surface area contributed by atoms with E-state index in [0.717, 1.165) is 20.9 Å². The number of H-pyrrole nitrogens is 1. The first-order valence-electron chi connectivity index (χ1n) is 4.41. The van der Waals surface area contributed by atoms with Crippen molar-refractivity contribution >= 4 is 26.8 Å². The first-order chi connectivity index (χ1) is 7.31. The van der Waals surface area contributed by atoms with E-state index in [-0.39, 0.29) is 0 Å². The molecule has 0 spiro atoms. The van der Waals surface area contributed by atoms with E-state index in [9.17, 15) is 0 Å². The molecule has 0 aliphatic heterocycles. The molecule has 2 aromatic rings. The van der Waals surface area contributed by atoms with Gasteiger partial charge in [0.15, 0.2) is 0 Å². The number of aromatic amines is 1. The van der Waals surface area contributed by atoms with Crippen molar-refractivity contribution in [2.75, 3.05) is 13.7 Å². The maximum atomic E-state index is 4.87. The minimum atomic E-state index is 0.438. The molecule has 0 saturated carbocycles. The van der Waals surface area contributed by atoms with E-state index in [1.807, 2.05) is 12.1 Å². The molecule has 1 heterocycles. The molecule has 2 rings (SSSR count). The van der Waals surface area contributed by atoms with Gasteiger partial charge in [0, 0.05) is 22.5 Å². The van der Waals surface area contributed by atoms with Gasteiger partial charge in [-0.3, -0.25) is 5.10 Å². The van der Waals surface area contributed by atoms with Crippen LogP contribution >= 0.6 is 15.9 Å². The summed E-state index contributed by atoms with van der Waals surface area (Å²) in [6.07, 6.45) is 1.78. The summed E-state index contributed by atoms with van der Waals surface area (Å²) in [5.41, 5.74) is 1.92. The zero-order chi connectivity index (χ0) is 10.7. The molecule has 0 saturated heterocycles. The van der Waals surface area contributed by atoms with E-state index in [1.54, 1.807) is 13.3 Å². The summed E-state index contributed by atoms with van der Waals surface area (Å²) in [6, 6.07) is 3.96. The number of halogens is 1. The summed E-state index contributed by atoms with van der Waals surface area (Å²) < 4.78 is 5.84. The van der Waals surface area contributed by atoms with E-state index < -0.39 is 0 Å². The number of aromatic nitrogens is 2. The van der Waals surface area contributed by atoms with Gasteiger partial charge < -0.3 is 4.74 Å². The van der Waals surface area contributed by atoms with Crippen molar-refractivity contribution in [3.63, 3.8) is 0 Å². The predicted octanol–water partition coefficient (Wildman–Crippen LogP) is 2.32. The van der Waals surface area contributed by atoms with Gasteiger partial charge in [0.2, 0.25) is 0 Å². The monoisotopic (exact) mass is 264 g/mol. The zero-order valence-electron chi connectivity index (χ0n) is 8.17. The Balaban J connectivity index is 2.43. The topological polar surface area (TPSA) is 37.9 Å². The van der Waals surface area contributed by atoms with Gasteiger partial charge in [-0.25, -0.2) is 0 Å². The van der Waals surface area contributed by atoms with Gasteiger partial charge in [0.1, 0.15) is 6.61 Å². The molecule has 0 fully saturated rings.